The molecule has 0 fully saturated rings. The Labute approximate surface area is 247 Å². The van der Waals surface area contributed by atoms with Crippen molar-refractivity contribution in [1.82, 2.24) is 10.2 Å². The third kappa shape index (κ3) is 8.14. The van der Waals surface area contributed by atoms with E-state index < -0.39 is 28.5 Å². The molecule has 0 aliphatic carbocycles. The third-order valence-electron chi connectivity index (χ3n) is 6.53. The maximum atomic E-state index is 14.0. The minimum absolute atomic E-state index is 0.00715. The molecular formula is C30H36ClN3O6S. The molecule has 0 spiro atoms. The van der Waals surface area contributed by atoms with Gasteiger partial charge in [-0.2, -0.15) is 0 Å². The highest BCUT2D eigenvalue weighted by Crippen LogP contribution is 2.36. The second-order valence-electron chi connectivity index (χ2n) is 9.33. The van der Waals surface area contributed by atoms with Crippen LogP contribution < -0.4 is 19.1 Å². The molecule has 11 heteroatoms. The van der Waals surface area contributed by atoms with Gasteiger partial charge in [0.1, 0.15) is 24.1 Å². The van der Waals surface area contributed by atoms with Crippen LogP contribution in [0.2, 0.25) is 5.02 Å². The van der Waals surface area contributed by atoms with Gasteiger partial charge in [-0.1, -0.05) is 55.3 Å². The lowest BCUT2D eigenvalue weighted by molar-refractivity contribution is -0.139. The number of ether oxygens (including phenoxy) is 2. The van der Waals surface area contributed by atoms with Crippen LogP contribution in [0, 0.1) is 0 Å². The van der Waals surface area contributed by atoms with E-state index >= 15 is 0 Å². The lowest BCUT2D eigenvalue weighted by atomic mass is 10.1. The molecule has 2 amide bonds. The van der Waals surface area contributed by atoms with E-state index in [1.807, 2.05) is 6.92 Å². The minimum atomic E-state index is -4.25. The van der Waals surface area contributed by atoms with Crippen molar-refractivity contribution in [3.05, 3.63) is 83.4 Å². The molecule has 1 atom stereocenters. The summed E-state index contributed by atoms with van der Waals surface area (Å²) >= 11 is 6.05. The predicted molar refractivity (Wildman–Crippen MR) is 160 cm³/mol. The molecule has 0 radical (unpaired) electrons. The van der Waals surface area contributed by atoms with Gasteiger partial charge in [-0.15, -0.1) is 0 Å². The lowest BCUT2D eigenvalue weighted by Gasteiger charge is -2.32. The van der Waals surface area contributed by atoms with Crippen LogP contribution in [0.1, 0.15) is 32.3 Å². The molecule has 0 saturated heterocycles. The van der Waals surface area contributed by atoms with Gasteiger partial charge < -0.3 is 19.7 Å². The molecule has 0 heterocycles. The Hall–Kier alpha value is -3.76. The monoisotopic (exact) mass is 601 g/mol. The Balaban J connectivity index is 2.07. The third-order valence-corrected chi connectivity index (χ3v) is 8.55. The van der Waals surface area contributed by atoms with Crippen LogP contribution in [-0.2, 0) is 26.2 Å². The zero-order chi connectivity index (χ0) is 30.0. The maximum Gasteiger partial charge on any atom is 0.264 e. The van der Waals surface area contributed by atoms with E-state index in [1.54, 1.807) is 61.5 Å². The van der Waals surface area contributed by atoms with Crippen LogP contribution in [0.4, 0.5) is 5.69 Å². The summed E-state index contributed by atoms with van der Waals surface area (Å²) in [6.07, 6.45) is 1.69. The zero-order valence-electron chi connectivity index (χ0n) is 23.7. The normalized spacial score (nSPS) is 11.8. The lowest BCUT2D eigenvalue weighted by Crippen LogP contribution is -2.51. The predicted octanol–water partition coefficient (Wildman–Crippen LogP) is 4.89. The van der Waals surface area contributed by atoms with E-state index in [0.717, 1.165) is 22.7 Å². The molecule has 0 aromatic heterocycles. The number of halogens is 1. The number of hydrogen-bond acceptors (Lipinski definition) is 6. The quantitative estimate of drug-likeness (QED) is 0.264. The van der Waals surface area contributed by atoms with Gasteiger partial charge in [0, 0.05) is 24.2 Å². The van der Waals surface area contributed by atoms with Crippen LogP contribution in [-0.4, -0.2) is 58.5 Å². The SMILES string of the molecule is CCCCNC(=O)[C@@H](C)N(Cc1ccc(Cl)cc1)C(=O)CN(c1cc(OC)ccc1OC)S(=O)(=O)c1ccccc1. The minimum Gasteiger partial charge on any atom is -0.497 e. The van der Waals surface area contributed by atoms with Crippen LogP contribution in [0.25, 0.3) is 0 Å². The van der Waals surface area contributed by atoms with E-state index in [1.165, 1.54) is 37.3 Å². The average molecular weight is 602 g/mol. The summed E-state index contributed by atoms with van der Waals surface area (Å²) in [7, 11) is -1.38. The van der Waals surface area contributed by atoms with Gasteiger partial charge in [0.2, 0.25) is 11.8 Å². The second kappa shape index (κ2) is 14.7. The van der Waals surface area contributed by atoms with Crippen molar-refractivity contribution >= 4 is 39.1 Å². The second-order valence-corrected chi connectivity index (χ2v) is 11.6. The molecule has 1 N–H and O–H groups in total. The van der Waals surface area contributed by atoms with Gasteiger partial charge in [0.05, 0.1) is 24.8 Å². The molecule has 9 nitrogen and oxygen atoms in total. The van der Waals surface area contributed by atoms with Crippen molar-refractivity contribution in [3.8, 4) is 11.5 Å². The highest BCUT2D eigenvalue weighted by Gasteiger charge is 2.34. The molecule has 3 aromatic carbocycles. The summed E-state index contributed by atoms with van der Waals surface area (Å²) in [6.45, 7) is 3.57. The highest BCUT2D eigenvalue weighted by atomic mass is 35.5. The number of rotatable bonds is 14. The van der Waals surface area contributed by atoms with E-state index in [0.29, 0.717) is 17.3 Å². The summed E-state index contributed by atoms with van der Waals surface area (Å²) in [4.78, 5) is 28.5. The topological polar surface area (TPSA) is 105 Å². The van der Waals surface area contributed by atoms with E-state index in [9.17, 15) is 18.0 Å². The Morgan fingerprint density at radius 3 is 2.27 bits per heavy atom. The fraction of sp³-hybridized carbons (Fsp3) is 0.333. The zero-order valence-corrected chi connectivity index (χ0v) is 25.2. The van der Waals surface area contributed by atoms with Gasteiger partial charge in [0.15, 0.2) is 0 Å². The highest BCUT2D eigenvalue weighted by molar-refractivity contribution is 7.92. The number of benzene rings is 3. The number of carbonyl (C=O) groups excluding carboxylic acids is 2. The molecule has 3 rings (SSSR count). The van der Waals surface area contributed by atoms with Gasteiger partial charge in [-0.25, -0.2) is 8.42 Å². The molecule has 0 unspecified atom stereocenters. The number of nitrogens with one attached hydrogen (secondary N) is 1. The molecular weight excluding hydrogens is 566 g/mol. The van der Waals surface area contributed by atoms with E-state index in [4.69, 9.17) is 21.1 Å². The number of hydrogen-bond donors (Lipinski definition) is 1. The number of carbonyl (C=O) groups is 2. The molecule has 3 aromatic rings. The number of anilines is 1. The first-order valence-electron chi connectivity index (χ1n) is 13.2. The van der Waals surface area contributed by atoms with Crippen molar-refractivity contribution in [1.29, 1.82) is 0 Å². The first kappa shape index (κ1) is 31.8. The molecule has 0 aliphatic rings. The van der Waals surface area contributed by atoms with Crippen LogP contribution in [0.5, 0.6) is 11.5 Å². The van der Waals surface area contributed by atoms with E-state index in [-0.39, 0.29) is 28.8 Å². The Kier molecular flexibility index (Phi) is 11.4. The molecule has 0 saturated carbocycles. The van der Waals surface area contributed by atoms with Gasteiger partial charge in [0.25, 0.3) is 10.0 Å². The van der Waals surface area contributed by atoms with Gasteiger partial charge in [-0.05, 0) is 55.3 Å². The molecule has 0 aliphatic heterocycles. The number of nitrogens with zero attached hydrogens (tertiary/aromatic N) is 2. The molecule has 220 valence electrons. The van der Waals surface area contributed by atoms with Crippen LogP contribution >= 0.6 is 11.6 Å². The van der Waals surface area contributed by atoms with Crippen LogP contribution in [0.3, 0.4) is 0 Å². The van der Waals surface area contributed by atoms with Crippen molar-refractivity contribution < 1.29 is 27.5 Å². The van der Waals surface area contributed by atoms with Crippen molar-refractivity contribution in [2.75, 3.05) is 31.6 Å². The smallest absolute Gasteiger partial charge is 0.264 e. The molecule has 0 bridgehead atoms. The summed E-state index contributed by atoms with van der Waals surface area (Å²) < 4.78 is 39.8. The fourth-order valence-electron chi connectivity index (χ4n) is 4.13. The maximum absolute atomic E-state index is 14.0. The summed E-state index contributed by atoms with van der Waals surface area (Å²) in [5, 5.41) is 3.40. The Morgan fingerprint density at radius 1 is 0.976 bits per heavy atom. The first-order valence-corrected chi connectivity index (χ1v) is 15.1. The number of amides is 2. The largest absolute Gasteiger partial charge is 0.497 e. The fourth-order valence-corrected chi connectivity index (χ4v) is 5.69. The van der Waals surface area contributed by atoms with Gasteiger partial charge >= 0.3 is 0 Å². The van der Waals surface area contributed by atoms with Crippen LogP contribution in [0.15, 0.2) is 77.7 Å². The first-order chi connectivity index (χ1) is 19.6. The number of unbranched alkanes of at least 4 members (excludes halogenated alkanes) is 1. The summed E-state index contributed by atoms with van der Waals surface area (Å²) in [6, 6.07) is 18.5. The Morgan fingerprint density at radius 2 is 1.66 bits per heavy atom. The number of sulfonamides is 1. The molecule has 41 heavy (non-hydrogen) atoms. The summed E-state index contributed by atoms with van der Waals surface area (Å²) in [5.41, 5.74) is 0.850. The Bertz CT molecular complexity index is 1420. The standard InChI is InChI=1S/C30H36ClN3O6S/c1-5-6-18-32-30(36)22(2)33(20-23-12-14-24(31)15-13-23)29(35)21-34(41(37,38)26-10-8-7-9-11-26)27-19-25(39-3)16-17-28(27)40-4/h7-17,19,22H,5-6,18,20-21H2,1-4H3,(H,32,36)/t22-/m1/s1. The van der Waals surface area contributed by atoms with Crippen molar-refractivity contribution in [2.24, 2.45) is 0 Å². The average Bonchev–Trinajstić information content (AvgIpc) is 2.99. The number of methoxy groups -OCH3 is 2. The van der Waals surface area contributed by atoms with Crippen molar-refractivity contribution in [2.45, 2.75) is 44.2 Å². The van der Waals surface area contributed by atoms with Crippen molar-refractivity contribution in [3.63, 3.8) is 0 Å². The van der Waals surface area contributed by atoms with E-state index in [2.05, 4.69) is 5.32 Å². The van der Waals surface area contributed by atoms with Gasteiger partial charge in [-0.3, -0.25) is 13.9 Å². The summed E-state index contributed by atoms with van der Waals surface area (Å²) in [5.74, 6) is -0.310.